The average molecular weight is 428 g/mol. The summed E-state index contributed by atoms with van der Waals surface area (Å²) < 4.78 is 1.41. The van der Waals surface area contributed by atoms with E-state index in [9.17, 15) is 14.4 Å². The maximum absolute atomic E-state index is 12.8. The first-order chi connectivity index (χ1) is 15.5. The Bertz CT molecular complexity index is 1370. The fourth-order valence-electron chi connectivity index (χ4n) is 3.68. The number of carbonyl (C=O) groups excluding carboxylic acids is 1. The summed E-state index contributed by atoms with van der Waals surface area (Å²) in [5.41, 5.74) is 2.68. The lowest BCUT2D eigenvalue weighted by Crippen LogP contribution is -2.31. The zero-order valence-electron chi connectivity index (χ0n) is 18.0. The summed E-state index contributed by atoms with van der Waals surface area (Å²) in [4.78, 5) is 43.7. The molecule has 0 aliphatic rings. The number of hydrogen-bond donors (Lipinski definition) is 2. The highest BCUT2D eigenvalue weighted by molar-refractivity contribution is 5.96. The van der Waals surface area contributed by atoms with E-state index >= 15 is 0 Å². The molecule has 0 fully saturated rings. The van der Waals surface area contributed by atoms with Gasteiger partial charge in [0.15, 0.2) is 0 Å². The number of fused-ring (bicyclic) bond motifs is 1. The highest BCUT2D eigenvalue weighted by Crippen LogP contribution is 2.22. The van der Waals surface area contributed by atoms with Crippen LogP contribution in [0.25, 0.3) is 22.2 Å². The molecule has 2 heterocycles. The van der Waals surface area contributed by atoms with Crippen LogP contribution >= 0.6 is 0 Å². The molecule has 0 spiro atoms. The number of pyridine rings is 1. The number of aryl methyl sites for hydroxylation is 1. The predicted octanol–water partition coefficient (Wildman–Crippen LogP) is 3.65. The minimum absolute atomic E-state index is 0.213. The zero-order valence-corrected chi connectivity index (χ0v) is 18.0. The molecule has 2 N–H and O–H groups in total. The van der Waals surface area contributed by atoms with Gasteiger partial charge in [-0.2, -0.15) is 0 Å². The number of H-pyrrole nitrogens is 1. The number of benzene rings is 2. The normalized spacial score (nSPS) is 11.9. The summed E-state index contributed by atoms with van der Waals surface area (Å²) in [6.45, 7) is 4.26. The molecule has 7 nitrogen and oxygen atoms in total. The number of rotatable bonds is 6. The van der Waals surface area contributed by atoms with Gasteiger partial charge in [0, 0.05) is 12.7 Å². The third-order valence-electron chi connectivity index (χ3n) is 5.41. The molecule has 32 heavy (non-hydrogen) atoms. The van der Waals surface area contributed by atoms with E-state index in [0.29, 0.717) is 13.0 Å². The second kappa shape index (κ2) is 9.01. The molecule has 7 heteroatoms. The molecular formula is C25H24N4O3. The Labute approximate surface area is 184 Å². The molecule has 0 saturated heterocycles. The highest BCUT2D eigenvalue weighted by Gasteiger charge is 2.15. The van der Waals surface area contributed by atoms with Crippen LogP contribution < -0.4 is 16.6 Å². The summed E-state index contributed by atoms with van der Waals surface area (Å²) >= 11 is 0. The van der Waals surface area contributed by atoms with Gasteiger partial charge in [0.1, 0.15) is 5.65 Å². The molecule has 1 atom stereocenters. The van der Waals surface area contributed by atoms with E-state index in [-0.39, 0.29) is 28.5 Å². The van der Waals surface area contributed by atoms with E-state index in [1.54, 1.807) is 0 Å². The van der Waals surface area contributed by atoms with E-state index < -0.39 is 11.2 Å². The van der Waals surface area contributed by atoms with Crippen LogP contribution in [0.5, 0.6) is 0 Å². The van der Waals surface area contributed by atoms with Crippen molar-refractivity contribution in [3.63, 3.8) is 0 Å². The standard InChI is InChI=1S/C25H24N4O3/c1-3-13-29-22-21(24(31)28-25(29)32)14-20(15-26-22)23(30)27-16(2)17-9-11-19(12-10-17)18-7-5-4-6-8-18/h4-12,14-16H,3,13H2,1-2H3,(H,27,30)(H,28,31,32). The van der Waals surface area contributed by atoms with Crippen molar-refractivity contribution in [1.29, 1.82) is 0 Å². The van der Waals surface area contributed by atoms with Crippen molar-refractivity contribution in [1.82, 2.24) is 19.9 Å². The average Bonchev–Trinajstić information content (AvgIpc) is 2.82. The molecule has 4 aromatic rings. The summed E-state index contributed by atoms with van der Waals surface area (Å²) in [5.74, 6) is -0.341. The molecule has 0 aliphatic carbocycles. The monoisotopic (exact) mass is 428 g/mol. The van der Waals surface area contributed by atoms with E-state index in [2.05, 4.69) is 27.4 Å². The van der Waals surface area contributed by atoms with Crippen LogP contribution in [0.15, 0.2) is 76.4 Å². The fraction of sp³-hybridized carbons (Fsp3) is 0.200. The van der Waals surface area contributed by atoms with Crippen LogP contribution in [-0.2, 0) is 6.54 Å². The summed E-state index contributed by atoms with van der Waals surface area (Å²) in [6.07, 6.45) is 2.11. The molecule has 0 radical (unpaired) electrons. The van der Waals surface area contributed by atoms with Crippen LogP contribution in [0.4, 0.5) is 0 Å². The van der Waals surface area contributed by atoms with Gasteiger partial charge in [0.2, 0.25) is 0 Å². The second-order valence-electron chi connectivity index (χ2n) is 7.69. The zero-order chi connectivity index (χ0) is 22.7. The van der Waals surface area contributed by atoms with Gasteiger partial charge < -0.3 is 5.32 Å². The van der Waals surface area contributed by atoms with Crippen molar-refractivity contribution in [2.75, 3.05) is 0 Å². The SMILES string of the molecule is CCCn1c(=O)[nH]c(=O)c2cc(C(=O)NC(C)c3ccc(-c4ccccc4)cc3)cnc21. The Morgan fingerprint density at radius 1 is 1.06 bits per heavy atom. The van der Waals surface area contributed by atoms with Crippen LogP contribution in [0.1, 0.15) is 42.2 Å². The van der Waals surface area contributed by atoms with Crippen molar-refractivity contribution >= 4 is 16.9 Å². The maximum Gasteiger partial charge on any atom is 0.329 e. The van der Waals surface area contributed by atoms with E-state index in [1.165, 1.54) is 16.8 Å². The van der Waals surface area contributed by atoms with Gasteiger partial charge in [-0.1, -0.05) is 61.5 Å². The molecule has 2 aromatic carbocycles. The molecule has 162 valence electrons. The van der Waals surface area contributed by atoms with Crippen molar-refractivity contribution < 1.29 is 4.79 Å². The van der Waals surface area contributed by atoms with Gasteiger partial charge in [-0.25, -0.2) is 9.78 Å². The molecule has 4 rings (SSSR count). The number of amides is 1. The molecular weight excluding hydrogens is 404 g/mol. The first-order valence-corrected chi connectivity index (χ1v) is 10.6. The Balaban J connectivity index is 1.56. The quantitative estimate of drug-likeness (QED) is 0.490. The number of nitrogens with zero attached hydrogens (tertiary/aromatic N) is 2. The van der Waals surface area contributed by atoms with Crippen LogP contribution in [0.3, 0.4) is 0 Å². The highest BCUT2D eigenvalue weighted by atomic mass is 16.2. The third-order valence-corrected chi connectivity index (χ3v) is 5.41. The van der Waals surface area contributed by atoms with Crippen molar-refractivity contribution in [3.8, 4) is 11.1 Å². The Morgan fingerprint density at radius 3 is 2.44 bits per heavy atom. The van der Waals surface area contributed by atoms with E-state index in [1.807, 2.05) is 56.3 Å². The van der Waals surface area contributed by atoms with Crippen molar-refractivity contribution in [2.45, 2.75) is 32.9 Å². The molecule has 0 saturated carbocycles. The largest absolute Gasteiger partial charge is 0.345 e. The first-order valence-electron chi connectivity index (χ1n) is 10.6. The maximum atomic E-state index is 12.8. The smallest absolute Gasteiger partial charge is 0.329 e. The molecule has 2 aromatic heterocycles. The summed E-state index contributed by atoms with van der Waals surface area (Å²) in [6, 6.07) is 19.3. The van der Waals surface area contributed by atoms with Crippen molar-refractivity contribution in [2.24, 2.45) is 0 Å². The van der Waals surface area contributed by atoms with E-state index in [0.717, 1.165) is 16.7 Å². The fourth-order valence-corrected chi connectivity index (χ4v) is 3.68. The van der Waals surface area contributed by atoms with Gasteiger partial charge in [-0.05, 0) is 36.1 Å². The third kappa shape index (κ3) is 4.23. The van der Waals surface area contributed by atoms with Gasteiger partial charge >= 0.3 is 5.69 Å². The number of aromatic nitrogens is 3. The topological polar surface area (TPSA) is 96.9 Å². The number of hydrogen-bond acceptors (Lipinski definition) is 4. The lowest BCUT2D eigenvalue weighted by molar-refractivity contribution is 0.0939. The Kier molecular flexibility index (Phi) is 5.98. The van der Waals surface area contributed by atoms with Crippen LogP contribution in [0, 0.1) is 0 Å². The summed E-state index contributed by atoms with van der Waals surface area (Å²) in [5, 5.41) is 3.16. The lowest BCUT2D eigenvalue weighted by atomic mass is 10.0. The Morgan fingerprint density at radius 2 is 1.75 bits per heavy atom. The number of nitrogens with one attached hydrogen (secondary N) is 2. The molecule has 0 aliphatic heterocycles. The molecule has 1 unspecified atom stereocenters. The number of carbonyl (C=O) groups is 1. The minimum Gasteiger partial charge on any atom is -0.345 e. The van der Waals surface area contributed by atoms with Crippen molar-refractivity contribution in [3.05, 3.63) is 98.8 Å². The van der Waals surface area contributed by atoms with E-state index in [4.69, 9.17) is 0 Å². The Hall–Kier alpha value is -4.00. The van der Waals surface area contributed by atoms with Crippen LogP contribution in [-0.4, -0.2) is 20.4 Å². The lowest BCUT2D eigenvalue weighted by Gasteiger charge is -2.15. The van der Waals surface area contributed by atoms with Gasteiger partial charge in [-0.15, -0.1) is 0 Å². The van der Waals surface area contributed by atoms with Gasteiger partial charge in [-0.3, -0.25) is 19.1 Å². The predicted molar refractivity (Wildman–Crippen MR) is 125 cm³/mol. The van der Waals surface area contributed by atoms with Gasteiger partial charge in [0.05, 0.1) is 17.0 Å². The molecule has 0 bridgehead atoms. The summed E-state index contributed by atoms with van der Waals surface area (Å²) in [7, 11) is 0. The minimum atomic E-state index is -0.552. The second-order valence-corrected chi connectivity index (χ2v) is 7.69. The molecule has 1 amide bonds. The first kappa shape index (κ1) is 21.2. The van der Waals surface area contributed by atoms with Crippen LogP contribution in [0.2, 0.25) is 0 Å². The number of aromatic amines is 1. The van der Waals surface area contributed by atoms with Gasteiger partial charge in [0.25, 0.3) is 11.5 Å².